The van der Waals surface area contributed by atoms with E-state index in [2.05, 4.69) is 10.6 Å². The number of carbonyl (C=O) groups is 3. The van der Waals surface area contributed by atoms with E-state index >= 15 is 0 Å². The molecule has 2 amide bonds. The maximum absolute atomic E-state index is 12.4. The molecule has 0 heterocycles. The van der Waals surface area contributed by atoms with Crippen molar-refractivity contribution in [3.8, 4) is 0 Å². The summed E-state index contributed by atoms with van der Waals surface area (Å²) in [6.07, 6.45) is 1.92. The number of nitrogens with one attached hydrogen (secondary N) is 2. The fourth-order valence-corrected chi connectivity index (χ4v) is 2.00. The lowest BCUT2D eigenvalue weighted by Gasteiger charge is -2.20. The van der Waals surface area contributed by atoms with E-state index in [0.29, 0.717) is 18.5 Å². The van der Waals surface area contributed by atoms with Crippen molar-refractivity contribution >= 4 is 23.5 Å². The number of benzene rings is 1. The third kappa shape index (κ3) is 5.68. The monoisotopic (exact) mass is 334 g/mol. The minimum atomic E-state index is -1.06. The average molecular weight is 334 g/mol. The molecule has 0 saturated heterocycles. The molecule has 1 aromatic carbocycles. The Morgan fingerprint density at radius 3 is 2.33 bits per heavy atom. The number of hydrogen-bond donors (Lipinski definition) is 3. The molecule has 132 valence electrons. The van der Waals surface area contributed by atoms with Crippen LogP contribution in [0.2, 0.25) is 0 Å². The van der Waals surface area contributed by atoms with Crippen LogP contribution in [0, 0.1) is 5.41 Å². The molecule has 1 atom stereocenters. The first-order valence-corrected chi connectivity index (χ1v) is 8.11. The van der Waals surface area contributed by atoms with E-state index in [-0.39, 0.29) is 11.5 Å². The van der Waals surface area contributed by atoms with E-state index in [1.807, 2.05) is 6.92 Å². The van der Waals surface area contributed by atoms with Gasteiger partial charge in [-0.15, -0.1) is 0 Å². The molecule has 0 unspecified atom stereocenters. The minimum Gasteiger partial charge on any atom is -0.480 e. The number of para-hydroxylation sites is 1. The SMILES string of the molecule is CCCC[C@H](NC(=O)c1ccccc1NC(=O)C(C)(C)C)C(=O)O. The maximum Gasteiger partial charge on any atom is 0.326 e. The van der Waals surface area contributed by atoms with Crippen molar-refractivity contribution in [3.63, 3.8) is 0 Å². The standard InChI is InChI=1S/C18H26N2O4/c1-5-6-10-14(16(22)23)19-15(21)12-9-7-8-11-13(12)20-17(24)18(2,3)4/h7-9,11,14H,5-6,10H2,1-4H3,(H,19,21)(H,20,24)(H,22,23)/t14-/m0/s1. The predicted molar refractivity (Wildman–Crippen MR) is 92.9 cm³/mol. The quantitative estimate of drug-likeness (QED) is 0.714. The minimum absolute atomic E-state index is 0.219. The summed E-state index contributed by atoms with van der Waals surface area (Å²) in [5.74, 6) is -1.79. The molecule has 0 aliphatic carbocycles. The lowest BCUT2D eigenvalue weighted by Crippen LogP contribution is -2.41. The highest BCUT2D eigenvalue weighted by Gasteiger charge is 2.25. The van der Waals surface area contributed by atoms with Gasteiger partial charge in [0, 0.05) is 5.41 Å². The maximum atomic E-state index is 12.4. The van der Waals surface area contributed by atoms with Crippen LogP contribution in [0.1, 0.15) is 57.3 Å². The van der Waals surface area contributed by atoms with Crippen LogP contribution in [-0.4, -0.2) is 28.9 Å². The van der Waals surface area contributed by atoms with E-state index in [9.17, 15) is 19.5 Å². The number of carboxylic acid groups (broad SMARTS) is 1. The zero-order chi connectivity index (χ0) is 18.3. The normalized spacial score (nSPS) is 12.3. The highest BCUT2D eigenvalue weighted by Crippen LogP contribution is 2.20. The molecule has 1 rings (SSSR count). The van der Waals surface area contributed by atoms with Crippen LogP contribution in [-0.2, 0) is 9.59 Å². The van der Waals surface area contributed by atoms with Crippen LogP contribution in [0.4, 0.5) is 5.69 Å². The van der Waals surface area contributed by atoms with Gasteiger partial charge in [-0.05, 0) is 18.6 Å². The zero-order valence-electron chi connectivity index (χ0n) is 14.7. The fourth-order valence-electron chi connectivity index (χ4n) is 2.00. The van der Waals surface area contributed by atoms with Crippen molar-refractivity contribution in [2.24, 2.45) is 5.41 Å². The molecular formula is C18H26N2O4. The summed E-state index contributed by atoms with van der Waals surface area (Å²) >= 11 is 0. The van der Waals surface area contributed by atoms with Gasteiger partial charge in [-0.2, -0.15) is 0 Å². The summed E-state index contributed by atoms with van der Waals surface area (Å²) in [5.41, 5.74) is 0.0151. The van der Waals surface area contributed by atoms with Crippen LogP contribution in [0.25, 0.3) is 0 Å². The van der Waals surface area contributed by atoms with Gasteiger partial charge in [0.1, 0.15) is 6.04 Å². The molecule has 0 spiro atoms. The van der Waals surface area contributed by atoms with Gasteiger partial charge < -0.3 is 15.7 Å². The van der Waals surface area contributed by atoms with E-state index in [4.69, 9.17) is 0 Å². The first-order chi connectivity index (χ1) is 11.2. The van der Waals surface area contributed by atoms with Crippen LogP contribution in [0.15, 0.2) is 24.3 Å². The van der Waals surface area contributed by atoms with Crippen molar-refractivity contribution in [1.29, 1.82) is 0 Å². The second-order valence-corrected chi connectivity index (χ2v) is 6.76. The zero-order valence-corrected chi connectivity index (χ0v) is 14.7. The van der Waals surface area contributed by atoms with Gasteiger partial charge in [-0.25, -0.2) is 4.79 Å². The molecule has 0 fully saturated rings. The van der Waals surface area contributed by atoms with Gasteiger partial charge in [-0.1, -0.05) is 52.7 Å². The average Bonchev–Trinajstić information content (AvgIpc) is 2.50. The van der Waals surface area contributed by atoms with E-state index in [0.717, 1.165) is 6.42 Å². The molecular weight excluding hydrogens is 308 g/mol. The first-order valence-electron chi connectivity index (χ1n) is 8.11. The molecule has 0 aliphatic rings. The summed E-state index contributed by atoms with van der Waals surface area (Å²) in [6.45, 7) is 7.28. The number of amides is 2. The van der Waals surface area contributed by atoms with Crippen LogP contribution >= 0.6 is 0 Å². The smallest absolute Gasteiger partial charge is 0.326 e. The predicted octanol–water partition coefficient (Wildman–Crippen LogP) is 3.04. The van der Waals surface area contributed by atoms with Gasteiger partial charge >= 0.3 is 5.97 Å². The van der Waals surface area contributed by atoms with Gasteiger partial charge in [-0.3, -0.25) is 9.59 Å². The van der Waals surface area contributed by atoms with Gasteiger partial charge in [0.05, 0.1) is 11.3 Å². The Morgan fingerprint density at radius 2 is 1.79 bits per heavy atom. The molecule has 0 radical (unpaired) electrons. The number of hydrogen-bond acceptors (Lipinski definition) is 3. The molecule has 0 aliphatic heterocycles. The second kappa shape index (κ2) is 8.47. The third-order valence-corrected chi connectivity index (χ3v) is 3.55. The molecule has 6 heteroatoms. The largest absolute Gasteiger partial charge is 0.480 e. The Bertz CT molecular complexity index is 605. The Balaban J connectivity index is 2.94. The highest BCUT2D eigenvalue weighted by molar-refractivity contribution is 6.05. The van der Waals surface area contributed by atoms with Crippen LogP contribution < -0.4 is 10.6 Å². The van der Waals surface area contributed by atoms with Crippen molar-refractivity contribution < 1.29 is 19.5 Å². The highest BCUT2D eigenvalue weighted by atomic mass is 16.4. The summed E-state index contributed by atoms with van der Waals surface area (Å²) in [7, 11) is 0. The number of unbranched alkanes of at least 4 members (excludes halogenated alkanes) is 1. The summed E-state index contributed by atoms with van der Waals surface area (Å²) in [5, 5.41) is 14.5. The summed E-state index contributed by atoms with van der Waals surface area (Å²) in [6, 6.07) is 5.63. The molecule has 24 heavy (non-hydrogen) atoms. The van der Waals surface area contributed by atoms with Crippen molar-refractivity contribution in [1.82, 2.24) is 5.32 Å². The van der Waals surface area contributed by atoms with E-state index < -0.39 is 23.3 Å². The number of anilines is 1. The number of carbonyl (C=O) groups excluding carboxylic acids is 2. The van der Waals surface area contributed by atoms with Gasteiger partial charge in [0.25, 0.3) is 5.91 Å². The lowest BCUT2D eigenvalue weighted by molar-refractivity contribution is -0.139. The molecule has 0 saturated carbocycles. The van der Waals surface area contributed by atoms with Crippen molar-refractivity contribution in [3.05, 3.63) is 29.8 Å². The van der Waals surface area contributed by atoms with Gasteiger partial charge in [0.2, 0.25) is 5.91 Å². The van der Waals surface area contributed by atoms with Crippen LogP contribution in [0.3, 0.4) is 0 Å². The fraction of sp³-hybridized carbons (Fsp3) is 0.500. The van der Waals surface area contributed by atoms with E-state index in [1.165, 1.54) is 0 Å². The molecule has 1 aromatic rings. The van der Waals surface area contributed by atoms with Gasteiger partial charge in [0.15, 0.2) is 0 Å². The van der Waals surface area contributed by atoms with Crippen molar-refractivity contribution in [2.75, 3.05) is 5.32 Å². The topological polar surface area (TPSA) is 95.5 Å². The van der Waals surface area contributed by atoms with Crippen LogP contribution in [0.5, 0.6) is 0 Å². The Kier molecular flexibility index (Phi) is 6.95. The molecule has 3 N–H and O–H groups in total. The Hall–Kier alpha value is -2.37. The summed E-state index contributed by atoms with van der Waals surface area (Å²) < 4.78 is 0. The Morgan fingerprint density at radius 1 is 1.17 bits per heavy atom. The number of carboxylic acids is 1. The molecule has 6 nitrogen and oxygen atoms in total. The van der Waals surface area contributed by atoms with E-state index in [1.54, 1.807) is 45.0 Å². The molecule has 0 bridgehead atoms. The van der Waals surface area contributed by atoms with Crippen molar-refractivity contribution in [2.45, 2.75) is 53.0 Å². The number of rotatable bonds is 7. The second-order valence-electron chi connectivity index (χ2n) is 6.76. The molecule has 0 aromatic heterocycles. The number of aliphatic carboxylic acids is 1. The first kappa shape index (κ1) is 19.7. The third-order valence-electron chi connectivity index (χ3n) is 3.55. The summed E-state index contributed by atoms with van der Waals surface area (Å²) in [4.78, 5) is 35.9. The lowest BCUT2D eigenvalue weighted by atomic mass is 9.95. The Labute approximate surface area is 142 Å².